The van der Waals surface area contributed by atoms with Crippen LogP contribution in [0.4, 0.5) is 5.82 Å². The maximum atomic E-state index is 13.1. The third-order valence-electron chi connectivity index (χ3n) is 5.27. The lowest BCUT2D eigenvalue weighted by molar-refractivity contribution is 0.0736. The lowest BCUT2D eigenvalue weighted by Gasteiger charge is -2.36. The Kier molecular flexibility index (Phi) is 4.70. The summed E-state index contributed by atoms with van der Waals surface area (Å²) >= 11 is 0. The zero-order valence-electron chi connectivity index (χ0n) is 16.7. The van der Waals surface area contributed by atoms with Gasteiger partial charge in [0.25, 0.3) is 5.91 Å². The van der Waals surface area contributed by atoms with Crippen LogP contribution in [-0.2, 0) is 0 Å². The second-order valence-electron chi connectivity index (χ2n) is 7.21. The summed E-state index contributed by atoms with van der Waals surface area (Å²) in [6.07, 6.45) is 5.29. The SMILES string of the molecule is Cc1nc(N2CCN(C(=O)c3cccc4c3OCCO4)CC2)cc(-n2ccnc2)n1. The zero-order chi connectivity index (χ0) is 20.5. The number of ether oxygens (including phenoxy) is 2. The second kappa shape index (κ2) is 7.66. The van der Waals surface area contributed by atoms with Crippen LogP contribution in [0.1, 0.15) is 16.2 Å². The molecule has 1 aromatic carbocycles. The highest BCUT2D eigenvalue weighted by Gasteiger charge is 2.27. The third kappa shape index (κ3) is 3.42. The van der Waals surface area contributed by atoms with Gasteiger partial charge in [0.05, 0.1) is 5.56 Å². The third-order valence-corrected chi connectivity index (χ3v) is 5.27. The molecule has 0 bridgehead atoms. The molecule has 1 amide bonds. The van der Waals surface area contributed by atoms with Gasteiger partial charge >= 0.3 is 0 Å². The number of aromatic nitrogens is 4. The maximum absolute atomic E-state index is 13.1. The van der Waals surface area contributed by atoms with Crippen LogP contribution in [0.15, 0.2) is 43.0 Å². The number of piperazine rings is 1. The van der Waals surface area contributed by atoms with Crippen molar-refractivity contribution in [1.29, 1.82) is 0 Å². The molecule has 9 nitrogen and oxygen atoms in total. The monoisotopic (exact) mass is 406 g/mol. The number of imidazole rings is 1. The molecular weight excluding hydrogens is 384 g/mol. The molecule has 154 valence electrons. The molecule has 30 heavy (non-hydrogen) atoms. The van der Waals surface area contributed by atoms with Crippen molar-refractivity contribution in [2.75, 3.05) is 44.3 Å². The first-order valence-corrected chi connectivity index (χ1v) is 9.96. The predicted octanol–water partition coefficient (Wildman–Crippen LogP) is 1.70. The number of benzene rings is 1. The van der Waals surface area contributed by atoms with Crippen molar-refractivity contribution >= 4 is 11.7 Å². The van der Waals surface area contributed by atoms with Crippen LogP contribution in [0, 0.1) is 6.92 Å². The van der Waals surface area contributed by atoms with Gasteiger partial charge in [0, 0.05) is 44.6 Å². The van der Waals surface area contributed by atoms with E-state index < -0.39 is 0 Å². The Balaban J connectivity index is 1.31. The first kappa shape index (κ1) is 18.4. The van der Waals surface area contributed by atoms with Crippen LogP contribution in [0.25, 0.3) is 5.82 Å². The number of carbonyl (C=O) groups excluding carboxylic acids is 1. The Morgan fingerprint density at radius 3 is 2.63 bits per heavy atom. The van der Waals surface area contributed by atoms with Crippen LogP contribution in [0.3, 0.4) is 0 Å². The van der Waals surface area contributed by atoms with E-state index in [4.69, 9.17) is 9.47 Å². The minimum absolute atomic E-state index is 0.0324. The summed E-state index contributed by atoms with van der Waals surface area (Å²) in [7, 11) is 0. The summed E-state index contributed by atoms with van der Waals surface area (Å²) in [5.74, 6) is 3.48. The number of para-hydroxylation sites is 1. The molecule has 5 rings (SSSR count). The van der Waals surface area contributed by atoms with Gasteiger partial charge in [0.1, 0.15) is 37.0 Å². The highest BCUT2D eigenvalue weighted by atomic mass is 16.6. The van der Waals surface area contributed by atoms with Gasteiger partial charge in [-0.25, -0.2) is 15.0 Å². The summed E-state index contributed by atoms with van der Waals surface area (Å²) in [5.41, 5.74) is 0.556. The van der Waals surface area contributed by atoms with Crippen LogP contribution in [0.5, 0.6) is 11.5 Å². The fourth-order valence-electron chi connectivity index (χ4n) is 3.78. The molecule has 9 heteroatoms. The van der Waals surface area contributed by atoms with Crippen molar-refractivity contribution in [2.24, 2.45) is 0 Å². The first-order chi connectivity index (χ1) is 14.7. The predicted molar refractivity (Wildman–Crippen MR) is 109 cm³/mol. The Bertz CT molecular complexity index is 1060. The molecule has 0 N–H and O–H groups in total. The van der Waals surface area contributed by atoms with E-state index in [2.05, 4.69) is 19.9 Å². The van der Waals surface area contributed by atoms with Gasteiger partial charge in [-0.1, -0.05) is 6.07 Å². The molecular formula is C21H22N6O3. The summed E-state index contributed by atoms with van der Waals surface area (Å²) < 4.78 is 13.2. The molecule has 1 saturated heterocycles. The summed E-state index contributed by atoms with van der Waals surface area (Å²) in [6, 6.07) is 7.41. The molecule has 0 saturated carbocycles. The smallest absolute Gasteiger partial charge is 0.257 e. The van der Waals surface area contributed by atoms with Crippen molar-refractivity contribution in [3.63, 3.8) is 0 Å². The average Bonchev–Trinajstić information content (AvgIpc) is 3.33. The Hall–Kier alpha value is -3.62. The van der Waals surface area contributed by atoms with Crippen molar-refractivity contribution in [1.82, 2.24) is 24.4 Å². The van der Waals surface area contributed by atoms with Gasteiger partial charge in [-0.3, -0.25) is 9.36 Å². The molecule has 3 aromatic rings. The van der Waals surface area contributed by atoms with E-state index in [0.717, 1.165) is 11.6 Å². The molecule has 2 aliphatic heterocycles. The molecule has 0 unspecified atom stereocenters. The van der Waals surface area contributed by atoms with E-state index in [1.54, 1.807) is 18.6 Å². The number of hydrogen-bond acceptors (Lipinski definition) is 7. The van der Waals surface area contributed by atoms with E-state index >= 15 is 0 Å². The van der Waals surface area contributed by atoms with Gasteiger partial charge < -0.3 is 19.3 Å². The maximum Gasteiger partial charge on any atom is 0.257 e. The van der Waals surface area contributed by atoms with Crippen LogP contribution < -0.4 is 14.4 Å². The van der Waals surface area contributed by atoms with Crippen LogP contribution >= 0.6 is 0 Å². The standard InChI is InChI=1S/C21H22N6O3/c1-15-23-18(13-19(24-15)27-6-5-22-14-27)25-7-9-26(10-8-25)21(28)16-3-2-4-17-20(16)30-12-11-29-17/h2-6,13-14H,7-12H2,1H3. The minimum Gasteiger partial charge on any atom is -0.486 e. The Morgan fingerprint density at radius 2 is 1.83 bits per heavy atom. The topological polar surface area (TPSA) is 85.6 Å². The van der Waals surface area contributed by atoms with E-state index in [-0.39, 0.29) is 5.91 Å². The number of amides is 1. The normalized spacial score (nSPS) is 15.9. The van der Waals surface area contributed by atoms with Crippen LogP contribution in [-0.4, -0.2) is 69.7 Å². The Labute approximate surface area is 173 Å². The van der Waals surface area contributed by atoms with E-state index in [1.165, 1.54) is 0 Å². The number of rotatable bonds is 3. The molecule has 2 aliphatic rings. The fourth-order valence-corrected chi connectivity index (χ4v) is 3.78. The number of nitrogens with zero attached hydrogens (tertiary/aromatic N) is 6. The van der Waals surface area contributed by atoms with E-state index in [1.807, 2.05) is 40.8 Å². The number of hydrogen-bond donors (Lipinski definition) is 0. The van der Waals surface area contributed by atoms with Gasteiger partial charge in [-0.05, 0) is 19.1 Å². The average molecular weight is 406 g/mol. The quantitative estimate of drug-likeness (QED) is 0.654. The summed E-state index contributed by atoms with van der Waals surface area (Å²) in [5, 5.41) is 0. The number of fused-ring (bicyclic) bond motifs is 1. The minimum atomic E-state index is -0.0324. The van der Waals surface area contributed by atoms with E-state index in [9.17, 15) is 4.79 Å². The van der Waals surface area contributed by atoms with Crippen molar-refractivity contribution < 1.29 is 14.3 Å². The number of carbonyl (C=O) groups is 1. The number of anilines is 1. The van der Waals surface area contributed by atoms with Crippen molar-refractivity contribution in [2.45, 2.75) is 6.92 Å². The molecule has 2 aromatic heterocycles. The molecule has 0 aliphatic carbocycles. The van der Waals surface area contributed by atoms with Gasteiger partial charge in [0.15, 0.2) is 11.5 Å². The first-order valence-electron chi connectivity index (χ1n) is 9.96. The highest BCUT2D eigenvalue weighted by Crippen LogP contribution is 2.34. The largest absolute Gasteiger partial charge is 0.486 e. The summed E-state index contributed by atoms with van der Waals surface area (Å²) in [6.45, 7) is 5.43. The highest BCUT2D eigenvalue weighted by molar-refractivity contribution is 5.98. The molecule has 4 heterocycles. The molecule has 0 atom stereocenters. The molecule has 0 spiro atoms. The van der Waals surface area contributed by atoms with Crippen molar-refractivity contribution in [3.8, 4) is 17.3 Å². The number of aryl methyl sites for hydroxylation is 1. The lowest BCUT2D eigenvalue weighted by atomic mass is 10.1. The fraction of sp³-hybridized carbons (Fsp3) is 0.333. The van der Waals surface area contributed by atoms with Gasteiger partial charge in [-0.2, -0.15) is 0 Å². The van der Waals surface area contributed by atoms with Gasteiger partial charge in [-0.15, -0.1) is 0 Å². The molecule has 1 fully saturated rings. The second-order valence-corrected chi connectivity index (χ2v) is 7.21. The summed E-state index contributed by atoms with van der Waals surface area (Å²) in [4.78, 5) is 30.3. The van der Waals surface area contributed by atoms with Crippen LogP contribution in [0.2, 0.25) is 0 Å². The van der Waals surface area contributed by atoms with Crippen molar-refractivity contribution in [3.05, 3.63) is 54.4 Å². The zero-order valence-corrected chi connectivity index (χ0v) is 16.7. The lowest BCUT2D eigenvalue weighted by Crippen LogP contribution is -2.49. The van der Waals surface area contributed by atoms with Gasteiger partial charge in [0.2, 0.25) is 0 Å². The van der Waals surface area contributed by atoms with E-state index in [0.29, 0.717) is 62.3 Å². The molecule has 0 radical (unpaired) electrons. The Morgan fingerprint density at radius 1 is 1.03 bits per heavy atom.